The predicted molar refractivity (Wildman–Crippen MR) is 95.9 cm³/mol. The number of nitrogens with one attached hydrogen (secondary N) is 2. The number of aryl methyl sites for hydroxylation is 1. The summed E-state index contributed by atoms with van der Waals surface area (Å²) < 4.78 is 13.7. The van der Waals surface area contributed by atoms with Crippen LogP contribution in [0.5, 0.6) is 0 Å². The third-order valence-corrected chi connectivity index (χ3v) is 4.50. The Kier molecular flexibility index (Phi) is 6.25. The van der Waals surface area contributed by atoms with E-state index in [9.17, 15) is 9.18 Å². The van der Waals surface area contributed by atoms with Crippen LogP contribution in [0.2, 0.25) is 0 Å². The number of nitrogens with zero attached hydrogens (tertiary/aromatic N) is 1. The van der Waals surface area contributed by atoms with Gasteiger partial charge in [0.2, 0.25) is 0 Å². The zero-order chi connectivity index (χ0) is 18.6. The van der Waals surface area contributed by atoms with Gasteiger partial charge < -0.3 is 15.4 Å². The highest BCUT2D eigenvalue weighted by Crippen LogP contribution is 2.22. The third-order valence-electron chi connectivity index (χ3n) is 4.50. The maximum Gasteiger partial charge on any atom is 0.253 e. The Hall–Kier alpha value is -2.28. The van der Waals surface area contributed by atoms with Crippen molar-refractivity contribution in [3.63, 3.8) is 0 Å². The van der Waals surface area contributed by atoms with Gasteiger partial charge in [0.05, 0.1) is 6.04 Å². The lowest BCUT2D eigenvalue weighted by Gasteiger charge is -2.31. The molecule has 6 heteroatoms. The molecular weight excluding hydrogens is 321 g/mol. The summed E-state index contributed by atoms with van der Waals surface area (Å²) in [6, 6.07) is 11.9. The molecule has 2 rings (SSSR count). The van der Waals surface area contributed by atoms with Gasteiger partial charge in [-0.15, -0.1) is 0 Å². The van der Waals surface area contributed by atoms with Crippen LogP contribution >= 0.6 is 0 Å². The van der Waals surface area contributed by atoms with E-state index in [4.69, 9.17) is 5.21 Å². The van der Waals surface area contributed by atoms with Gasteiger partial charge in [0.25, 0.3) is 5.91 Å². The standard InChI is InChI=1S/C19H24FN3O2/c1-12-5-6-16(11-17(12)20)14-7-9-15(10-8-14)19(24)23(4)13(2)18(21-3)22-25/h5-11,13,18,21-22,25H,1-4H3. The van der Waals surface area contributed by atoms with Gasteiger partial charge in [-0.2, -0.15) is 5.48 Å². The molecule has 0 saturated heterocycles. The largest absolute Gasteiger partial charge is 0.336 e. The van der Waals surface area contributed by atoms with Gasteiger partial charge in [-0.3, -0.25) is 4.79 Å². The lowest BCUT2D eigenvalue weighted by molar-refractivity contribution is 0.0493. The van der Waals surface area contributed by atoms with Crippen LogP contribution in [0.15, 0.2) is 42.5 Å². The second-order valence-electron chi connectivity index (χ2n) is 6.09. The minimum atomic E-state index is -0.441. The molecule has 0 fully saturated rings. The lowest BCUT2D eigenvalue weighted by atomic mass is 10.0. The molecule has 2 aromatic carbocycles. The van der Waals surface area contributed by atoms with Crippen molar-refractivity contribution in [2.45, 2.75) is 26.1 Å². The Morgan fingerprint density at radius 3 is 2.28 bits per heavy atom. The van der Waals surface area contributed by atoms with Crippen molar-refractivity contribution in [3.05, 3.63) is 59.4 Å². The quantitative estimate of drug-likeness (QED) is 0.556. The molecule has 2 aromatic rings. The molecule has 134 valence electrons. The molecule has 0 aliphatic carbocycles. The Labute approximate surface area is 147 Å². The van der Waals surface area contributed by atoms with Crippen molar-refractivity contribution in [3.8, 4) is 11.1 Å². The zero-order valence-electron chi connectivity index (χ0n) is 14.9. The van der Waals surface area contributed by atoms with Gasteiger partial charge in [0, 0.05) is 12.6 Å². The average Bonchev–Trinajstić information content (AvgIpc) is 2.63. The van der Waals surface area contributed by atoms with Crippen LogP contribution in [-0.4, -0.2) is 42.3 Å². The van der Waals surface area contributed by atoms with Gasteiger partial charge in [-0.1, -0.05) is 24.3 Å². The molecule has 5 nitrogen and oxygen atoms in total. The molecule has 2 unspecified atom stereocenters. The number of hydrogen-bond acceptors (Lipinski definition) is 4. The minimum Gasteiger partial charge on any atom is -0.336 e. The molecule has 25 heavy (non-hydrogen) atoms. The summed E-state index contributed by atoms with van der Waals surface area (Å²) in [5, 5.41) is 12.0. The Morgan fingerprint density at radius 2 is 1.76 bits per heavy atom. The summed E-state index contributed by atoms with van der Waals surface area (Å²) in [6.45, 7) is 3.54. The average molecular weight is 345 g/mol. The van der Waals surface area contributed by atoms with Gasteiger partial charge in [0.1, 0.15) is 12.0 Å². The van der Waals surface area contributed by atoms with Crippen LogP contribution in [0.3, 0.4) is 0 Å². The van der Waals surface area contributed by atoms with Crippen molar-refractivity contribution in [1.29, 1.82) is 0 Å². The molecule has 3 N–H and O–H groups in total. The van der Waals surface area contributed by atoms with Crippen LogP contribution in [0.4, 0.5) is 4.39 Å². The van der Waals surface area contributed by atoms with Crippen molar-refractivity contribution in [1.82, 2.24) is 15.7 Å². The zero-order valence-corrected chi connectivity index (χ0v) is 14.9. The van der Waals surface area contributed by atoms with Crippen LogP contribution in [-0.2, 0) is 0 Å². The van der Waals surface area contributed by atoms with E-state index >= 15 is 0 Å². The molecule has 0 spiro atoms. The minimum absolute atomic E-state index is 0.162. The predicted octanol–water partition coefficient (Wildman–Crippen LogP) is 2.79. The lowest BCUT2D eigenvalue weighted by Crippen LogP contribution is -2.54. The second kappa shape index (κ2) is 8.20. The summed E-state index contributed by atoms with van der Waals surface area (Å²) in [5.74, 6) is -0.412. The summed E-state index contributed by atoms with van der Waals surface area (Å²) in [5.41, 5.74) is 4.88. The fourth-order valence-electron chi connectivity index (χ4n) is 2.60. The van der Waals surface area contributed by atoms with Crippen molar-refractivity contribution in [2.75, 3.05) is 14.1 Å². The summed E-state index contributed by atoms with van der Waals surface area (Å²) >= 11 is 0. The van der Waals surface area contributed by atoms with Gasteiger partial charge in [-0.05, 0) is 55.8 Å². The molecule has 0 radical (unpaired) electrons. The van der Waals surface area contributed by atoms with E-state index in [-0.39, 0.29) is 17.8 Å². The highest BCUT2D eigenvalue weighted by atomic mass is 19.1. The Bertz CT molecular complexity index is 730. The van der Waals surface area contributed by atoms with E-state index in [0.29, 0.717) is 11.1 Å². The number of amides is 1. The van der Waals surface area contributed by atoms with E-state index in [1.165, 1.54) is 6.07 Å². The highest BCUT2D eigenvalue weighted by Gasteiger charge is 2.23. The molecule has 0 aliphatic rings. The molecule has 0 bridgehead atoms. The summed E-state index contributed by atoms with van der Waals surface area (Å²) in [7, 11) is 3.37. The molecule has 1 amide bonds. The maximum atomic E-state index is 13.7. The van der Waals surface area contributed by atoms with Gasteiger partial charge in [0.15, 0.2) is 0 Å². The number of likely N-dealkylation sites (N-methyl/N-ethyl adjacent to an activating group) is 2. The fourth-order valence-corrected chi connectivity index (χ4v) is 2.60. The number of hydrogen-bond donors (Lipinski definition) is 3. The Morgan fingerprint density at radius 1 is 1.16 bits per heavy atom. The van der Waals surface area contributed by atoms with Crippen LogP contribution in [0.1, 0.15) is 22.8 Å². The van der Waals surface area contributed by atoms with E-state index in [1.807, 2.05) is 13.0 Å². The molecule has 0 aliphatic heterocycles. The molecule has 0 heterocycles. The van der Waals surface area contributed by atoms with Crippen LogP contribution < -0.4 is 10.8 Å². The van der Waals surface area contributed by atoms with Crippen molar-refractivity contribution >= 4 is 5.91 Å². The number of benzene rings is 2. The molecular formula is C19H24FN3O2. The normalized spacial score (nSPS) is 13.4. The number of carbonyl (C=O) groups is 1. The first-order chi connectivity index (χ1) is 11.9. The topological polar surface area (TPSA) is 64.6 Å². The SMILES string of the molecule is CNC(NO)C(C)N(C)C(=O)c1ccc(-c2ccc(C)c(F)c2)cc1. The van der Waals surface area contributed by atoms with Crippen molar-refractivity contribution in [2.24, 2.45) is 0 Å². The smallest absolute Gasteiger partial charge is 0.253 e. The van der Waals surface area contributed by atoms with Gasteiger partial charge >= 0.3 is 0 Å². The molecule has 0 saturated carbocycles. The third kappa shape index (κ3) is 4.22. The first-order valence-corrected chi connectivity index (χ1v) is 8.09. The second-order valence-corrected chi connectivity index (χ2v) is 6.09. The summed E-state index contributed by atoms with van der Waals surface area (Å²) in [6.07, 6.45) is -0.441. The number of rotatable bonds is 6. The molecule has 2 atom stereocenters. The van der Waals surface area contributed by atoms with E-state index in [0.717, 1.165) is 11.1 Å². The maximum absolute atomic E-state index is 13.7. The van der Waals surface area contributed by atoms with E-state index in [1.54, 1.807) is 56.3 Å². The van der Waals surface area contributed by atoms with E-state index in [2.05, 4.69) is 10.8 Å². The Balaban J connectivity index is 2.18. The number of carbonyl (C=O) groups excluding carboxylic acids is 1. The monoisotopic (exact) mass is 345 g/mol. The number of halogens is 1. The first-order valence-electron chi connectivity index (χ1n) is 8.09. The van der Waals surface area contributed by atoms with Crippen LogP contribution in [0, 0.1) is 12.7 Å². The number of hydroxylamine groups is 1. The molecule has 0 aromatic heterocycles. The first kappa shape index (κ1) is 19.1. The van der Waals surface area contributed by atoms with E-state index < -0.39 is 6.17 Å². The summed E-state index contributed by atoms with van der Waals surface area (Å²) in [4.78, 5) is 14.1. The highest BCUT2D eigenvalue weighted by molar-refractivity contribution is 5.94. The van der Waals surface area contributed by atoms with Crippen molar-refractivity contribution < 1.29 is 14.4 Å². The van der Waals surface area contributed by atoms with Crippen LogP contribution in [0.25, 0.3) is 11.1 Å². The fraction of sp³-hybridized carbons (Fsp3) is 0.316. The van der Waals surface area contributed by atoms with Gasteiger partial charge in [-0.25, -0.2) is 4.39 Å².